The lowest BCUT2D eigenvalue weighted by atomic mass is 9.92. The number of nitrogens with two attached hydrogens (primary N) is 1. The van der Waals surface area contributed by atoms with Crippen molar-refractivity contribution in [2.75, 3.05) is 7.11 Å². The van der Waals surface area contributed by atoms with E-state index < -0.39 is 0 Å². The average molecular weight is 313 g/mol. The second kappa shape index (κ2) is 8.66. The van der Waals surface area contributed by atoms with E-state index >= 15 is 0 Å². The highest BCUT2D eigenvalue weighted by Crippen LogP contribution is 2.22. The van der Waals surface area contributed by atoms with Crippen LogP contribution in [-0.4, -0.2) is 12.5 Å². The van der Waals surface area contributed by atoms with Crippen LogP contribution < -0.4 is 10.5 Å². The number of methoxy groups -OCH3 is 1. The van der Waals surface area contributed by atoms with Crippen molar-refractivity contribution in [2.45, 2.75) is 25.3 Å². The summed E-state index contributed by atoms with van der Waals surface area (Å²) in [6.07, 6.45) is 2.92. The molecule has 0 heterocycles. The van der Waals surface area contributed by atoms with Crippen LogP contribution in [0.4, 0.5) is 0 Å². The molecule has 0 saturated heterocycles. The molecule has 2 N–H and O–H groups in total. The lowest BCUT2D eigenvalue weighted by Gasteiger charge is -2.18. The summed E-state index contributed by atoms with van der Waals surface area (Å²) in [6, 6.07) is 18.5. The predicted octanol–water partition coefficient (Wildman–Crippen LogP) is 4.33. The predicted molar refractivity (Wildman–Crippen MR) is 96.4 cm³/mol. The van der Waals surface area contributed by atoms with E-state index in [-0.39, 0.29) is 6.04 Å². The van der Waals surface area contributed by atoms with E-state index in [0.29, 0.717) is 5.92 Å². The van der Waals surface area contributed by atoms with Crippen LogP contribution in [0.1, 0.15) is 30.0 Å². The molecule has 22 heavy (non-hydrogen) atoms. The quantitative estimate of drug-likeness (QED) is 0.737. The second-order valence-electron chi connectivity index (χ2n) is 5.54. The lowest BCUT2D eigenvalue weighted by molar-refractivity contribution is 0.414. The van der Waals surface area contributed by atoms with Crippen LogP contribution in [0.15, 0.2) is 54.6 Å². The fourth-order valence-corrected chi connectivity index (χ4v) is 2.80. The monoisotopic (exact) mass is 313 g/mol. The van der Waals surface area contributed by atoms with Crippen LogP contribution in [0, 0.1) is 5.92 Å². The van der Waals surface area contributed by atoms with Gasteiger partial charge in [-0.05, 0) is 53.8 Å². The molecule has 2 aromatic carbocycles. The van der Waals surface area contributed by atoms with Gasteiger partial charge in [-0.1, -0.05) is 54.7 Å². The third-order valence-corrected chi connectivity index (χ3v) is 4.32. The minimum absolute atomic E-state index is 0.0428. The van der Waals surface area contributed by atoms with E-state index in [1.165, 1.54) is 11.1 Å². The molecule has 2 rings (SSSR count). The Morgan fingerprint density at radius 3 is 2.36 bits per heavy atom. The van der Waals surface area contributed by atoms with Gasteiger partial charge >= 0.3 is 0 Å². The molecule has 0 saturated carbocycles. The molecule has 2 aromatic rings. The van der Waals surface area contributed by atoms with Crippen LogP contribution in [0.5, 0.6) is 5.75 Å². The molecule has 0 radical (unpaired) electrons. The highest BCUT2D eigenvalue weighted by atomic mass is 32.1. The third kappa shape index (κ3) is 4.93. The molecule has 0 aromatic heterocycles. The van der Waals surface area contributed by atoms with Crippen molar-refractivity contribution in [3.8, 4) is 5.75 Å². The maximum atomic E-state index is 6.30. The molecule has 0 aliphatic carbocycles. The number of rotatable bonds is 8. The number of benzene rings is 2. The molecule has 2 nitrogen and oxygen atoms in total. The fourth-order valence-electron chi connectivity index (χ4n) is 2.55. The number of hydrogen-bond acceptors (Lipinski definition) is 3. The molecule has 116 valence electrons. The first-order valence-electron chi connectivity index (χ1n) is 7.61. The normalized spacial score (nSPS) is 13.4. The van der Waals surface area contributed by atoms with E-state index in [4.69, 9.17) is 22.7 Å². The SMILES string of the molecule is COc1ccc(CCC(C=S)CC(N)c2ccccc2)cc1. The minimum atomic E-state index is 0.0428. The first-order chi connectivity index (χ1) is 10.7. The van der Waals surface area contributed by atoms with Crippen molar-refractivity contribution in [3.05, 3.63) is 65.7 Å². The highest BCUT2D eigenvalue weighted by molar-refractivity contribution is 7.79. The Bertz CT molecular complexity index is 568. The Kier molecular flexibility index (Phi) is 6.56. The van der Waals surface area contributed by atoms with Gasteiger partial charge < -0.3 is 10.5 Å². The van der Waals surface area contributed by atoms with Crippen molar-refractivity contribution in [1.82, 2.24) is 0 Å². The van der Waals surface area contributed by atoms with Crippen LogP contribution in [-0.2, 0) is 6.42 Å². The van der Waals surface area contributed by atoms with Crippen molar-refractivity contribution < 1.29 is 4.74 Å². The Morgan fingerprint density at radius 1 is 1.09 bits per heavy atom. The molecule has 0 fully saturated rings. The number of aryl methyl sites for hydroxylation is 1. The summed E-state index contributed by atoms with van der Waals surface area (Å²) in [4.78, 5) is 0. The van der Waals surface area contributed by atoms with E-state index in [0.717, 1.165) is 25.0 Å². The summed E-state index contributed by atoms with van der Waals surface area (Å²) >= 11 is 5.20. The molecule has 0 spiro atoms. The van der Waals surface area contributed by atoms with Crippen LogP contribution in [0.3, 0.4) is 0 Å². The van der Waals surface area contributed by atoms with Gasteiger partial charge in [0.15, 0.2) is 0 Å². The molecule has 3 heteroatoms. The molecule has 0 aliphatic rings. The van der Waals surface area contributed by atoms with Gasteiger partial charge in [-0.25, -0.2) is 0 Å². The van der Waals surface area contributed by atoms with Crippen molar-refractivity contribution in [1.29, 1.82) is 0 Å². The first kappa shape index (κ1) is 16.7. The molecule has 0 bridgehead atoms. The fraction of sp³-hybridized carbons (Fsp3) is 0.316. The van der Waals surface area contributed by atoms with E-state index in [9.17, 15) is 0 Å². The Labute approximate surface area is 138 Å². The van der Waals surface area contributed by atoms with Gasteiger partial charge in [-0.2, -0.15) is 0 Å². The Balaban J connectivity index is 1.87. The molecule has 2 unspecified atom stereocenters. The van der Waals surface area contributed by atoms with Crippen molar-refractivity contribution >= 4 is 17.6 Å². The zero-order chi connectivity index (χ0) is 15.8. The maximum Gasteiger partial charge on any atom is 0.118 e. The smallest absolute Gasteiger partial charge is 0.118 e. The summed E-state index contributed by atoms with van der Waals surface area (Å²) in [5.41, 5.74) is 8.77. The third-order valence-electron chi connectivity index (χ3n) is 3.94. The van der Waals surface area contributed by atoms with E-state index in [1.54, 1.807) is 7.11 Å². The van der Waals surface area contributed by atoms with Crippen LogP contribution >= 0.6 is 12.2 Å². The van der Waals surface area contributed by atoms with Crippen LogP contribution in [0.2, 0.25) is 0 Å². The van der Waals surface area contributed by atoms with Gasteiger partial charge in [0.05, 0.1) is 7.11 Å². The molecular weight excluding hydrogens is 290 g/mol. The molecular formula is C19H23NOS. The standard InChI is InChI=1S/C19H23NOS/c1-21-18-11-9-15(10-12-18)7-8-16(14-22)13-19(20)17-5-3-2-4-6-17/h2-6,9-12,14,16,19H,7-8,13,20H2,1H3. The molecule has 2 atom stereocenters. The average Bonchev–Trinajstić information content (AvgIpc) is 2.59. The van der Waals surface area contributed by atoms with Gasteiger partial charge in [0.25, 0.3) is 0 Å². The zero-order valence-electron chi connectivity index (χ0n) is 12.9. The summed E-state index contributed by atoms with van der Waals surface area (Å²) in [6.45, 7) is 0. The summed E-state index contributed by atoms with van der Waals surface area (Å²) in [5.74, 6) is 1.24. The summed E-state index contributed by atoms with van der Waals surface area (Å²) < 4.78 is 5.18. The summed E-state index contributed by atoms with van der Waals surface area (Å²) in [7, 11) is 1.68. The van der Waals surface area contributed by atoms with Gasteiger partial charge in [0.1, 0.15) is 5.75 Å². The Morgan fingerprint density at radius 2 is 1.77 bits per heavy atom. The number of ether oxygens (including phenoxy) is 1. The van der Waals surface area contributed by atoms with E-state index in [2.05, 4.69) is 24.3 Å². The van der Waals surface area contributed by atoms with Gasteiger partial charge in [0, 0.05) is 6.04 Å². The zero-order valence-corrected chi connectivity index (χ0v) is 13.8. The Hall–Kier alpha value is -1.71. The molecule has 0 amide bonds. The van der Waals surface area contributed by atoms with Gasteiger partial charge in [0.2, 0.25) is 0 Å². The second-order valence-corrected chi connectivity index (χ2v) is 5.81. The van der Waals surface area contributed by atoms with E-state index in [1.807, 2.05) is 35.7 Å². The van der Waals surface area contributed by atoms with Crippen molar-refractivity contribution in [3.63, 3.8) is 0 Å². The number of thiocarbonyl (C=S) groups is 1. The van der Waals surface area contributed by atoms with Crippen molar-refractivity contribution in [2.24, 2.45) is 11.7 Å². The largest absolute Gasteiger partial charge is 0.497 e. The van der Waals surface area contributed by atoms with Gasteiger partial charge in [-0.3, -0.25) is 0 Å². The first-order valence-corrected chi connectivity index (χ1v) is 8.09. The lowest BCUT2D eigenvalue weighted by Crippen LogP contribution is -2.16. The maximum absolute atomic E-state index is 6.30. The molecule has 0 aliphatic heterocycles. The minimum Gasteiger partial charge on any atom is -0.497 e. The van der Waals surface area contributed by atoms with Gasteiger partial charge in [-0.15, -0.1) is 0 Å². The van der Waals surface area contributed by atoms with Crippen LogP contribution in [0.25, 0.3) is 0 Å². The highest BCUT2D eigenvalue weighted by Gasteiger charge is 2.13. The topological polar surface area (TPSA) is 35.2 Å². The summed E-state index contributed by atoms with van der Waals surface area (Å²) in [5, 5.41) is 1.87. The number of hydrogen-bond donors (Lipinski definition) is 1.